The monoisotopic (exact) mass is 287 g/mol. The van der Waals surface area contributed by atoms with Gasteiger partial charge in [0.25, 0.3) is 0 Å². The van der Waals surface area contributed by atoms with E-state index in [0.29, 0.717) is 5.95 Å². The Labute approximate surface area is 127 Å². The molecule has 0 aliphatic rings. The molecule has 4 rings (SSSR count). The molecule has 0 bridgehead atoms. The predicted octanol–water partition coefficient (Wildman–Crippen LogP) is 3.32. The standard InChI is InChI=1S/C17H13N5/c1-2-6-13(7-3-1)15-16(21-12-20-15)14-8-4-11-22(14)17-18-9-5-10-19-17/h1-12H,(H,20,21). The summed E-state index contributed by atoms with van der Waals surface area (Å²) in [6.07, 6.45) is 7.12. The van der Waals surface area contributed by atoms with Crippen LogP contribution in [0.2, 0.25) is 0 Å². The number of hydrogen-bond acceptors (Lipinski definition) is 3. The first-order chi connectivity index (χ1) is 10.9. The van der Waals surface area contributed by atoms with Crippen LogP contribution in [0, 0.1) is 0 Å². The first kappa shape index (κ1) is 12.5. The third-order valence-electron chi connectivity index (χ3n) is 3.46. The van der Waals surface area contributed by atoms with E-state index in [1.807, 2.05) is 53.2 Å². The number of benzene rings is 1. The van der Waals surface area contributed by atoms with Gasteiger partial charge in [-0.3, -0.25) is 4.57 Å². The first-order valence-electron chi connectivity index (χ1n) is 6.97. The summed E-state index contributed by atoms with van der Waals surface area (Å²) in [4.78, 5) is 16.3. The second-order valence-electron chi connectivity index (χ2n) is 4.80. The minimum Gasteiger partial charge on any atom is -0.343 e. The van der Waals surface area contributed by atoms with Gasteiger partial charge in [-0.25, -0.2) is 15.0 Å². The molecule has 22 heavy (non-hydrogen) atoms. The molecule has 0 fully saturated rings. The molecule has 0 saturated carbocycles. The molecular formula is C17H13N5. The summed E-state index contributed by atoms with van der Waals surface area (Å²) in [6, 6.07) is 15.9. The van der Waals surface area contributed by atoms with Gasteiger partial charge >= 0.3 is 0 Å². The van der Waals surface area contributed by atoms with Gasteiger partial charge in [-0.15, -0.1) is 0 Å². The highest BCUT2D eigenvalue weighted by Gasteiger charge is 2.15. The summed E-state index contributed by atoms with van der Waals surface area (Å²) in [5.74, 6) is 0.635. The van der Waals surface area contributed by atoms with Crippen LogP contribution in [0.5, 0.6) is 0 Å². The summed E-state index contributed by atoms with van der Waals surface area (Å²) >= 11 is 0. The average molecular weight is 287 g/mol. The Morgan fingerprint density at radius 2 is 1.64 bits per heavy atom. The first-order valence-corrected chi connectivity index (χ1v) is 6.97. The van der Waals surface area contributed by atoms with Crippen molar-refractivity contribution >= 4 is 0 Å². The summed E-state index contributed by atoms with van der Waals surface area (Å²) in [7, 11) is 0. The molecule has 1 aromatic carbocycles. The molecule has 5 nitrogen and oxygen atoms in total. The third kappa shape index (κ3) is 2.09. The number of imidazole rings is 1. The number of nitrogens with zero attached hydrogens (tertiary/aromatic N) is 4. The van der Waals surface area contributed by atoms with Crippen LogP contribution < -0.4 is 0 Å². The maximum absolute atomic E-state index is 4.47. The van der Waals surface area contributed by atoms with E-state index in [4.69, 9.17) is 0 Å². The molecule has 0 saturated heterocycles. The van der Waals surface area contributed by atoms with E-state index in [1.54, 1.807) is 24.8 Å². The van der Waals surface area contributed by atoms with Gasteiger partial charge < -0.3 is 4.98 Å². The molecule has 3 aromatic heterocycles. The van der Waals surface area contributed by atoms with Gasteiger partial charge in [0.15, 0.2) is 0 Å². The Hall–Kier alpha value is -3.21. The Morgan fingerprint density at radius 3 is 2.45 bits per heavy atom. The number of aromatic amines is 1. The fourth-order valence-electron chi connectivity index (χ4n) is 2.48. The largest absolute Gasteiger partial charge is 0.343 e. The third-order valence-corrected chi connectivity index (χ3v) is 3.46. The lowest BCUT2D eigenvalue weighted by molar-refractivity contribution is 0.938. The lowest BCUT2D eigenvalue weighted by atomic mass is 10.1. The topological polar surface area (TPSA) is 59.4 Å². The van der Waals surface area contributed by atoms with E-state index in [1.165, 1.54) is 0 Å². The minimum atomic E-state index is 0.635. The van der Waals surface area contributed by atoms with Crippen molar-refractivity contribution in [3.05, 3.63) is 73.4 Å². The Balaban J connectivity index is 1.86. The van der Waals surface area contributed by atoms with Crippen molar-refractivity contribution in [1.29, 1.82) is 0 Å². The van der Waals surface area contributed by atoms with Gasteiger partial charge in [0.2, 0.25) is 5.95 Å². The van der Waals surface area contributed by atoms with Crippen molar-refractivity contribution in [2.75, 3.05) is 0 Å². The zero-order chi connectivity index (χ0) is 14.8. The second kappa shape index (κ2) is 5.29. The fourth-order valence-corrected chi connectivity index (χ4v) is 2.48. The van der Waals surface area contributed by atoms with Crippen LogP contribution in [0.15, 0.2) is 73.4 Å². The SMILES string of the molecule is c1ccc(-c2nc[nH]c2-c2cccn2-c2ncccn2)cc1. The van der Waals surface area contributed by atoms with Gasteiger partial charge in [0, 0.05) is 24.2 Å². The molecule has 0 aliphatic heterocycles. The van der Waals surface area contributed by atoms with Crippen molar-refractivity contribution in [3.63, 3.8) is 0 Å². The molecule has 0 spiro atoms. The number of rotatable bonds is 3. The Morgan fingerprint density at radius 1 is 0.818 bits per heavy atom. The van der Waals surface area contributed by atoms with E-state index >= 15 is 0 Å². The van der Waals surface area contributed by atoms with Gasteiger partial charge in [-0.1, -0.05) is 30.3 Å². The molecule has 0 amide bonds. The number of aromatic nitrogens is 5. The molecule has 0 radical (unpaired) electrons. The van der Waals surface area contributed by atoms with Crippen LogP contribution in [0.1, 0.15) is 0 Å². The highest BCUT2D eigenvalue weighted by Crippen LogP contribution is 2.29. The van der Waals surface area contributed by atoms with Gasteiger partial charge in [0.05, 0.1) is 23.4 Å². The van der Waals surface area contributed by atoms with Crippen LogP contribution in [0.3, 0.4) is 0 Å². The van der Waals surface area contributed by atoms with Gasteiger partial charge in [-0.05, 0) is 18.2 Å². The van der Waals surface area contributed by atoms with Crippen LogP contribution in [-0.2, 0) is 0 Å². The summed E-state index contributed by atoms with van der Waals surface area (Å²) in [5.41, 5.74) is 3.91. The molecule has 5 heteroatoms. The smallest absolute Gasteiger partial charge is 0.234 e. The van der Waals surface area contributed by atoms with Crippen molar-refractivity contribution in [1.82, 2.24) is 24.5 Å². The molecule has 106 valence electrons. The number of H-pyrrole nitrogens is 1. The highest BCUT2D eigenvalue weighted by atomic mass is 15.1. The van der Waals surface area contributed by atoms with Crippen LogP contribution in [0.25, 0.3) is 28.6 Å². The van der Waals surface area contributed by atoms with Gasteiger partial charge in [-0.2, -0.15) is 0 Å². The zero-order valence-electron chi connectivity index (χ0n) is 11.7. The summed E-state index contributed by atoms with van der Waals surface area (Å²) in [6.45, 7) is 0. The van der Waals surface area contributed by atoms with Crippen molar-refractivity contribution in [3.8, 4) is 28.6 Å². The quantitative estimate of drug-likeness (QED) is 0.629. The van der Waals surface area contributed by atoms with Crippen molar-refractivity contribution in [2.45, 2.75) is 0 Å². The van der Waals surface area contributed by atoms with E-state index in [-0.39, 0.29) is 0 Å². The molecule has 4 aromatic rings. The molecule has 0 atom stereocenters. The second-order valence-corrected chi connectivity index (χ2v) is 4.80. The lowest BCUT2D eigenvalue weighted by Gasteiger charge is -2.07. The summed E-state index contributed by atoms with van der Waals surface area (Å²) in [5, 5.41) is 0. The maximum Gasteiger partial charge on any atom is 0.234 e. The van der Waals surface area contributed by atoms with Crippen LogP contribution in [0.4, 0.5) is 0 Å². The molecule has 0 unspecified atom stereocenters. The average Bonchev–Trinajstić information content (AvgIpc) is 3.25. The molecule has 0 aliphatic carbocycles. The van der Waals surface area contributed by atoms with Crippen LogP contribution in [-0.4, -0.2) is 24.5 Å². The minimum absolute atomic E-state index is 0.635. The van der Waals surface area contributed by atoms with Gasteiger partial charge in [0.1, 0.15) is 0 Å². The highest BCUT2D eigenvalue weighted by molar-refractivity contribution is 5.77. The summed E-state index contributed by atoms with van der Waals surface area (Å²) < 4.78 is 1.94. The Kier molecular flexibility index (Phi) is 3.01. The molecule has 3 heterocycles. The molecular weight excluding hydrogens is 274 g/mol. The Bertz CT molecular complexity index is 802. The molecule has 1 N–H and O–H groups in total. The van der Waals surface area contributed by atoms with Crippen molar-refractivity contribution < 1.29 is 0 Å². The van der Waals surface area contributed by atoms with E-state index < -0.39 is 0 Å². The predicted molar refractivity (Wildman–Crippen MR) is 84.4 cm³/mol. The van der Waals surface area contributed by atoms with E-state index in [9.17, 15) is 0 Å². The number of hydrogen-bond donors (Lipinski definition) is 1. The number of nitrogens with one attached hydrogen (secondary N) is 1. The fraction of sp³-hybridized carbons (Fsp3) is 0. The normalized spacial score (nSPS) is 10.7. The zero-order valence-corrected chi connectivity index (χ0v) is 11.7. The lowest BCUT2D eigenvalue weighted by Crippen LogP contribution is -2.01. The van der Waals surface area contributed by atoms with Crippen LogP contribution >= 0.6 is 0 Å². The van der Waals surface area contributed by atoms with E-state index in [2.05, 4.69) is 19.9 Å². The maximum atomic E-state index is 4.47. The van der Waals surface area contributed by atoms with E-state index in [0.717, 1.165) is 22.6 Å². The van der Waals surface area contributed by atoms with Crippen molar-refractivity contribution in [2.24, 2.45) is 0 Å².